The number of thiophene rings is 1. The molecule has 0 atom stereocenters. The molecule has 0 spiro atoms. The van der Waals surface area contributed by atoms with E-state index in [1.54, 1.807) is 0 Å². The Hall–Kier alpha value is -2.35. The van der Waals surface area contributed by atoms with Crippen molar-refractivity contribution in [1.82, 2.24) is 5.32 Å². The third-order valence-corrected chi connectivity index (χ3v) is 3.99. The number of benzene rings is 1. The quantitative estimate of drug-likeness (QED) is 0.865. The highest BCUT2D eigenvalue weighted by atomic mass is 32.1. The number of halogens is 3. The second kappa shape index (κ2) is 6.82. The summed E-state index contributed by atoms with van der Waals surface area (Å²) in [5, 5.41) is 2.52. The number of alkyl halides is 3. The number of carbonyl (C=O) groups is 2. The van der Waals surface area contributed by atoms with Crippen LogP contribution in [0.25, 0.3) is 0 Å². The molecule has 4 nitrogen and oxygen atoms in total. The number of amides is 1. The smallest absolute Gasteiger partial charge is 0.416 e. The first kappa shape index (κ1) is 17.0. The molecule has 0 aliphatic carbocycles. The van der Waals surface area contributed by atoms with E-state index in [2.05, 4.69) is 10.1 Å². The van der Waals surface area contributed by atoms with E-state index in [4.69, 9.17) is 0 Å². The van der Waals surface area contributed by atoms with Crippen molar-refractivity contribution >= 4 is 23.2 Å². The van der Waals surface area contributed by atoms with Gasteiger partial charge in [-0.3, -0.25) is 4.79 Å². The van der Waals surface area contributed by atoms with Gasteiger partial charge in [0.1, 0.15) is 4.88 Å². The fourth-order valence-electron chi connectivity index (χ4n) is 1.80. The van der Waals surface area contributed by atoms with Gasteiger partial charge in [0.05, 0.1) is 17.6 Å². The minimum Gasteiger partial charge on any atom is -0.465 e. The summed E-state index contributed by atoms with van der Waals surface area (Å²) in [6, 6.07) is 7.63. The summed E-state index contributed by atoms with van der Waals surface area (Å²) < 4.78 is 42.4. The minimum atomic E-state index is -4.43. The van der Waals surface area contributed by atoms with E-state index in [9.17, 15) is 22.8 Å². The average Bonchev–Trinajstić information content (AvgIpc) is 3.01. The van der Waals surface area contributed by atoms with Gasteiger partial charge in [-0.25, -0.2) is 4.79 Å². The van der Waals surface area contributed by atoms with Crippen LogP contribution in [-0.2, 0) is 17.5 Å². The summed E-state index contributed by atoms with van der Waals surface area (Å²) in [6.07, 6.45) is -4.43. The molecule has 2 rings (SSSR count). The largest absolute Gasteiger partial charge is 0.465 e. The van der Waals surface area contributed by atoms with Gasteiger partial charge in [-0.05, 0) is 29.8 Å². The number of esters is 1. The van der Waals surface area contributed by atoms with Gasteiger partial charge in [0, 0.05) is 6.54 Å². The van der Waals surface area contributed by atoms with Gasteiger partial charge < -0.3 is 10.1 Å². The Morgan fingerprint density at radius 3 is 2.52 bits per heavy atom. The van der Waals surface area contributed by atoms with Crippen LogP contribution in [0.4, 0.5) is 13.2 Å². The number of hydrogen-bond donors (Lipinski definition) is 1. The fraction of sp³-hybridized carbons (Fsp3) is 0.200. The zero-order valence-electron chi connectivity index (χ0n) is 11.9. The van der Waals surface area contributed by atoms with Crippen molar-refractivity contribution in [3.63, 3.8) is 0 Å². The summed E-state index contributed by atoms with van der Waals surface area (Å²) in [7, 11) is 1.23. The van der Waals surface area contributed by atoms with Crippen LogP contribution in [-0.4, -0.2) is 19.0 Å². The van der Waals surface area contributed by atoms with Gasteiger partial charge in [0.25, 0.3) is 5.91 Å². The first-order valence-electron chi connectivity index (χ1n) is 6.43. The molecule has 0 aliphatic heterocycles. The summed E-state index contributed by atoms with van der Waals surface area (Å²) in [5.74, 6) is -1.02. The standard InChI is InChI=1S/C15H12F3NO3S/c1-22-14(21)12-6-5-11(23-12)13(20)19-8-9-3-2-4-10(7-9)15(16,17)18/h2-7H,8H2,1H3,(H,19,20). The normalized spacial score (nSPS) is 11.1. The maximum Gasteiger partial charge on any atom is 0.416 e. The molecule has 1 heterocycles. The van der Waals surface area contributed by atoms with Gasteiger partial charge in [-0.15, -0.1) is 11.3 Å². The average molecular weight is 343 g/mol. The monoisotopic (exact) mass is 343 g/mol. The van der Waals surface area contributed by atoms with Crippen molar-refractivity contribution in [2.75, 3.05) is 7.11 Å². The van der Waals surface area contributed by atoms with Gasteiger partial charge in [-0.2, -0.15) is 13.2 Å². The Morgan fingerprint density at radius 2 is 1.87 bits per heavy atom. The lowest BCUT2D eigenvalue weighted by molar-refractivity contribution is -0.137. The Labute approximate surface area is 133 Å². The second-order valence-corrected chi connectivity index (χ2v) is 5.62. The van der Waals surface area contributed by atoms with Crippen LogP contribution in [0.15, 0.2) is 36.4 Å². The van der Waals surface area contributed by atoms with Crippen molar-refractivity contribution < 1.29 is 27.5 Å². The van der Waals surface area contributed by atoms with Crippen molar-refractivity contribution in [2.45, 2.75) is 12.7 Å². The molecule has 0 saturated heterocycles. The van der Waals surface area contributed by atoms with E-state index in [-0.39, 0.29) is 16.3 Å². The summed E-state index contributed by atoms with van der Waals surface area (Å²) in [4.78, 5) is 23.8. The highest BCUT2D eigenvalue weighted by Gasteiger charge is 2.30. The van der Waals surface area contributed by atoms with Gasteiger partial charge in [0.2, 0.25) is 0 Å². The van der Waals surface area contributed by atoms with Crippen molar-refractivity contribution in [3.05, 3.63) is 57.3 Å². The predicted molar refractivity (Wildman–Crippen MR) is 78.3 cm³/mol. The topological polar surface area (TPSA) is 55.4 Å². The van der Waals surface area contributed by atoms with E-state index < -0.39 is 23.6 Å². The first-order valence-corrected chi connectivity index (χ1v) is 7.25. The molecule has 0 aliphatic rings. The third-order valence-electron chi connectivity index (χ3n) is 2.92. The lowest BCUT2D eigenvalue weighted by Crippen LogP contribution is -2.22. The maximum atomic E-state index is 12.6. The molecule has 122 valence electrons. The zero-order chi connectivity index (χ0) is 17.0. The molecule has 23 heavy (non-hydrogen) atoms. The molecule has 0 unspecified atom stereocenters. The highest BCUT2D eigenvalue weighted by Crippen LogP contribution is 2.29. The number of nitrogens with one attached hydrogen (secondary N) is 1. The van der Waals surface area contributed by atoms with E-state index in [1.807, 2.05) is 0 Å². The molecule has 1 amide bonds. The molecule has 0 radical (unpaired) electrons. The molecular formula is C15H12F3NO3S. The van der Waals surface area contributed by atoms with Crippen LogP contribution in [0.2, 0.25) is 0 Å². The Kier molecular flexibility index (Phi) is 5.05. The van der Waals surface area contributed by atoms with Gasteiger partial charge >= 0.3 is 12.1 Å². The van der Waals surface area contributed by atoms with Crippen LogP contribution in [0, 0.1) is 0 Å². The summed E-state index contributed by atoms with van der Waals surface area (Å²) >= 11 is 0.950. The maximum absolute atomic E-state index is 12.6. The van der Waals surface area contributed by atoms with E-state index in [0.29, 0.717) is 5.56 Å². The van der Waals surface area contributed by atoms with Crippen LogP contribution in [0.5, 0.6) is 0 Å². The number of carbonyl (C=O) groups excluding carboxylic acids is 2. The minimum absolute atomic E-state index is 0.0474. The van der Waals surface area contributed by atoms with Gasteiger partial charge in [0.15, 0.2) is 0 Å². The third kappa shape index (κ3) is 4.32. The van der Waals surface area contributed by atoms with E-state index in [0.717, 1.165) is 23.5 Å². The zero-order valence-corrected chi connectivity index (χ0v) is 12.8. The van der Waals surface area contributed by atoms with Crippen LogP contribution >= 0.6 is 11.3 Å². The number of hydrogen-bond acceptors (Lipinski definition) is 4. The molecular weight excluding hydrogens is 331 g/mol. The van der Waals surface area contributed by atoms with Crippen LogP contribution < -0.4 is 5.32 Å². The fourth-order valence-corrected chi connectivity index (χ4v) is 2.64. The van der Waals surface area contributed by atoms with E-state index >= 15 is 0 Å². The predicted octanol–water partition coefficient (Wildman–Crippen LogP) is 3.48. The summed E-state index contributed by atoms with van der Waals surface area (Å²) in [6.45, 7) is -0.0474. The van der Waals surface area contributed by atoms with Crippen LogP contribution in [0.3, 0.4) is 0 Å². The first-order chi connectivity index (χ1) is 10.8. The molecule has 0 saturated carbocycles. The van der Waals surface area contributed by atoms with Crippen LogP contribution in [0.1, 0.15) is 30.5 Å². The molecule has 0 fully saturated rings. The molecule has 0 bridgehead atoms. The molecule has 1 aromatic heterocycles. The SMILES string of the molecule is COC(=O)c1ccc(C(=O)NCc2cccc(C(F)(F)F)c2)s1. The molecule has 2 aromatic rings. The lowest BCUT2D eigenvalue weighted by atomic mass is 10.1. The number of methoxy groups -OCH3 is 1. The molecule has 1 N–H and O–H groups in total. The molecule has 1 aromatic carbocycles. The molecule has 8 heteroatoms. The number of ether oxygens (including phenoxy) is 1. The van der Waals surface area contributed by atoms with E-state index in [1.165, 1.54) is 31.4 Å². The highest BCUT2D eigenvalue weighted by molar-refractivity contribution is 7.15. The second-order valence-electron chi connectivity index (χ2n) is 4.54. The van der Waals surface area contributed by atoms with Gasteiger partial charge in [-0.1, -0.05) is 12.1 Å². The Balaban J connectivity index is 2.02. The number of rotatable bonds is 4. The summed E-state index contributed by atoms with van der Waals surface area (Å²) in [5.41, 5.74) is -0.439. The van der Waals surface area contributed by atoms with Crippen molar-refractivity contribution in [3.8, 4) is 0 Å². The van der Waals surface area contributed by atoms with Crippen molar-refractivity contribution in [2.24, 2.45) is 0 Å². The Bertz CT molecular complexity index is 725. The Morgan fingerprint density at radius 1 is 1.17 bits per heavy atom. The lowest BCUT2D eigenvalue weighted by Gasteiger charge is -2.09. The van der Waals surface area contributed by atoms with Crippen molar-refractivity contribution in [1.29, 1.82) is 0 Å².